The van der Waals surface area contributed by atoms with Gasteiger partial charge in [-0.3, -0.25) is 9.78 Å². The lowest BCUT2D eigenvalue weighted by molar-refractivity contribution is -0.112. The van der Waals surface area contributed by atoms with Gasteiger partial charge in [-0.2, -0.15) is 4.31 Å². The van der Waals surface area contributed by atoms with Crippen LogP contribution in [0.3, 0.4) is 0 Å². The zero-order valence-corrected chi connectivity index (χ0v) is 21.3. The van der Waals surface area contributed by atoms with Gasteiger partial charge < -0.3 is 15.2 Å². The highest BCUT2D eigenvalue weighted by Gasteiger charge is 2.30. The molecule has 2 N–H and O–H groups in total. The summed E-state index contributed by atoms with van der Waals surface area (Å²) in [4.78, 5) is 32.1. The number of rotatable bonds is 6. The number of benzene rings is 3. The van der Waals surface area contributed by atoms with Crippen molar-refractivity contribution in [3.05, 3.63) is 83.0 Å². The van der Waals surface area contributed by atoms with Crippen LogP contribution in [-0.4, -0.2) is 61.0 Å². The fourth-order valence-corrected chi connectivity index (χ4v) is 6.26. The van der Waals surface area contributed by atoms with E-state index < -0.39 is 16.0 Å². The minimum Gasteiger partial charge on any atom is -0.478 e. The molecule has 1 aromatic heterocycles. The highest BCUT2D eigenvalue weighted by Crippen LogP contribution is 2.36. The van der Waals surface area contributed by atoms with Crippen molar-refractivity contribution in [3.63, 3.8) is 0 Å². The number of fused-ring (bicyclic) bond motifs is 2. The molecule has 0 aliphatic carbocycles. The topological polar surface area (TPSA) is 138 Å². The average Bonchev–Trinajstić information content (AvgIpc) is 3.32. The lowest BCUT2D eigenvalue weighted by atomic mass is 10.0. The van der Waals surface area contributed by atoms with Gasteiger partial charge in [0, 0.05) is 36.0 Å². The highest BCUT2D eigenvalue weighted by atomic mass is 32.2. The minimum atomic E-state index is -4.00. The third-order valence-corrected chi connectivity index (χ3v) is 8.62. The molecule has 1 fully saturated rings. The largest absolute Gasteiger partial charge is 0.478 e. The van der Waals surface area contributed by atoms with E-state index in [0.717, 1.165) is 16.3 Å². The first kappa shape index (κ1) is 24.9. The van der Waals surface area contributed by atoms with Crippen molar-refractivity contribution in [2.45, 2.75) is 4.90 Å². The Hall–Kier alpha value is -4.45. The second-order valence-corrected chi connectivity index (χ2v) is 11.0. The first-order valence-corrected chi connectivity index (χ1v) is 13.6. The lowest BCUT2D eigenvalue weighted by Gasteiger charge is -2.27. The number of carbonyl (C=O) groups excluding carboxylic acids is 1. The Kier molecular flexibility index (Phi) is 6.18. The molecule has 10 nitrogen and oxygen atoms in total. The van der Waals surface area contributed by atoms with E-state index in [1.54, 1.807) is 36.4 Å². The summed E-state index contributed by atoms with van der Waals surface area (Å²) in [5.41, 5.74) is 2.50. The van der Waals surface area contributed by atoms with E-state index in [2.05, 4.69) is 15.3 Å². The zero-order valence-electron chi connectivity index (χ0n) is 20.5. The predicted octanol–water partition coefficient (Wildman–Crippen LogP) is 2.30. The van der Waals surface area contributed by atoms with E-state index in [1.165, 1.54) is 22.6 Å². The predicted molar refractivity (Wildman–Crippen MR) is 144 cm³/mol. The van der Waals surface area contributed by atoms with Crippen LogP contribution >= 0.6 is 0 Å². The van der Waals surface area contributed by atoms with E-state index in [9.17, 15) is 23.1 Å². The number of nitrogens with one attached hydrogen (secondary N) is 1. The van der Waals surface area contributed by atoms with Gasteiger partial charge >= 0.3 is 5.97 Å². The number of anilines is 2. The van der Waals surface area contributed by atoms with Crippen molar-refractivity contribution < 1.29 is 27.9 Å². The number of hydrogen-bond donors (Lipinski definition) is 2. The molecule has 0 unspecified atom stereocenters. The smallest absolute Gasteiger partial charge is 0.337 e. The number of hydrogen-bond acceptors (Lipinski definition) is 7. The third kappa shape index (κ3) is 4.56. The number of morpholine rings is 1. The quantitative estimate of drug-likeness (QED) is 0.379. The van der Waals surface area contributed by atoms with Crippen LogP contribution in [-0.2, 0) is 19.6 Å². The number of aromatic nitrogens is 1. The van der Waals surface area contributed by atoms with Crippen molar-refractivity contribution in [2.24, 2.45) is 4.99 Å². The standard InChI is InChI=1S/C28H22N4O6S/c33-26-15-19-6-5-18(14-24(19)30-26)17-7-8-22-21(13-17)27(31-23-4-2-1-3-20(23)28(34)35)25(16-29-22)39(36,37)32-9-11-38-12-10-32/h1-8,13-16H,9-12H2,(H,29,31)(H,34,35). The molecular weight excluding hydrogens is 520 g/mol. The van der Waals surface area contributed by atoms with E-state index in [1.807, 2.05) is 18.2 Å². The summed E-state index contributed by atoms with van der Waals surface area (Å²) in [6.45, 7) is 0.941. The van der Waals surface area contributed by atoms with E-state index in [-0.39, 0.29) is 54.0 Å². The van der Waals surface area contributed by atoms with Gasteiger partial charge in [0.1, 0.15) is 4.90 Å². The van der Waals surface area contributed by atoms with Crippen LogP contribution in [0.25, 0.3) is 28.1 Å². The molecule has 0 saturated carbocycles. The lowest BCUT2D eigenvalue weighted by Crippen LogP contribution is -2.40. The van der Waals surface area contributed by atoms with Gasteiger partial charge in [0.2, 0.25) is 10.0 Å². The highest BCUT2D eigenvalue weighted by molar-refractivity contribution is 7.89. The molecular formula is C28H22N4O6S. The molecule has 11 heteroatoms. The Labute approximate surface area is 222 Å². The number of pyridine rings is 1. The summed E-state index contributed by atoms with van der Waals surface area (Å²) in [6, 6.07) is 17.2. The Bertz CT molecular complexity index is 1900. The summed E-state index contributed by atoms with van der Waals surface area (Å²) in [6.07, 6.45) is 2.77. The van der Waals surface area contributed by atoms with E-state index in [0.29, 0.717) is 16.3 Å². The molecule has 39 heavy (non-hydrogen) atoms. The minimum absolute atomic E-state index is 0.00510. The maximum Gasteiger partial charge on any atom is 0.337 e. The molecule has 3 aromatic carbocycles. The second kappa shape index (κ2) is 9.70. The number of ether oxygens (including phenoxy) is 1. The maximum atomic E-state index is 13.8. The average molecular weight is 543 g/mol. The summed E-state index contributed by atoms with van der Waals surface area (Å²) in [7, 11) is -4.00. The van der Waals surface area contributed by atoms with Gasteiger partial charge in [0.15, 0.2) is 0 Å². The second-order valence-electron chi connectivity index (χ2n) is 9.09. The van der Waals surface area contributed by atoms with Crippen molar-refractivity contribution in [2.75, 3.05) is 31.6 Å². The summed E-state index contributed by atoms with van der Waals surface area (Å²) in [5.74, 6) is -1.46. The Morgan fingerprint density at radius 3 is 2.54 bits per heavy atom. The molecule has 3 heterocycles. The molecule has 6 rings (SSSR count). The van der Waals surface area contributed by atoms with Crippen LogP contribution in [0.2, 0.25) is 0 Å². The number of para-hydroxylation sites is 1. The maximum absolute atomic E-state index is 13.8. The first-order chi connectivity index (χ1) is 18.8. The van der Waals surface area contributed by atoms with E-state index >= 15 is 0 Å². The third-order valence-electron chi connectivity index (χ3n) is 6.71. The molecule has 2 aliphatic heterocycles. The van der Waals surface area contributed by atoms with Crippen LogP contribution in [0.4, 0.5) is 11.4 Å². The molecule has 1 saturated heterocycles. The van der Waals surface area contributed by atoms with Gasteiger partial charge in [-0.1, -0.05) is 30.3 Å². The Morgan fingerprint density at radius 2 is 1.74 bits per heavy atom. The van der Waals surface area contributed by atoms with Crippen LogP contribution in [0.1, 0.15) is 10.4 Å². The number of carboxylic acid groups (broad SMARTS) is 1. The monoisotopic (exact) mass is 542 g/mol. The Morgan fingerprint density at radius 1 is 1.00 bits per heavy atom. The number of carbonyl (C=O) groups is 2. The molecule has 1 amide bonds. The first-order valence-electron chi connectivity index (χ1n) is 12.2. The molecule has 0 spiro atoms. The van der Waals surface area contributed by atoms with Crippen molar-refractivity contribution >= 4 is 50.3 Å². The zero-order chi connectivity index (χ0) is 27.1. The molecule has 196 valence electrons. The van der Waals surface area contributed by atoms with Crippen molar-refractivity contribution in [1.82, 2.24) is 9.29 Å². The van der Waals surface area contributed by atoms with E-state index in [4.69, 9.17) is 4.74 Å². The summed E-state index contributed by atoms with van der Waals surface area (Å²) in [5, 5.41) is 14.6. The van der Waals surface area contributed by atoms with Gasteiger partial charge in [-0.05, 0) is 41.5 Å². The SMILES string of the molecule is O=C1C=c2ccc(-c3ccc4ncc(S(=O)(=O)N5CCOCC5)c(Nc5ccccc5C(=O)O)c4c3)cc2=N1. The number of amides is 1. The van der Waals surface area contributed by atoms with Gasteiger partial charge in [-0.25, -0.2) is 18.2 Å². The van der Waals surface area contributed by atoms with Crippen LogP contribution in [0, 0.1) is 0 Å². The Balaban J connectivity index is 1.57. The van der Waals surface area contributed by atoms with Crippen LogP contribution in [0.15, 0.2) is 76.7 Å². The molecule has 4 aromatic rings. The van der Waals surface area contributed by atoms with Crippen molar-refractivity contribution in [3.8, 4) is 11.1 Å². The fourth-order valence-electron chi connectivity index (χ4n) is 4.74. The van der Waals surface area contributed by atoms with Gasteiger partial charge in [-0.15, -0.1) is 0 Å². The normalized spacial score (nSPS) is 15.4. The van der Waals surface area contributed by atoms with Crippen LogP contribution in [0.5, 0.6) is 0 Å². The number of nitrogens with zero attached hydrogens (tertiary/aromatic N) is 3. The fraction of sp³-hybridized carbons (Fsp3) is 0.143. The van der Waals surface area contributed by atoms with Gasteiger partial charge in [0.25, 0.3) is 5.91 Å². The van der Waals surface area contributed by atoms with Crippen LogP contribution < -0.4 is 15.9 Å². The molecule has 0 radical (unpaired) electrons. The molecule has 0 bridgehead atoms. The number of carboxylic acids is 1. The summed E-state index contributed by atoms with van der Waals surface area (Å²) >= 11 is 0. The van der Waals surface area contributed by atoms with Crippen molar-refractivity contribution in [1.29, 1.82) is 0 Å². The molecule has 0 atom stereocenters. The summed E-state index contributed by atoms with van der Waals surface area (Å²) < 4.78 is 34.3. The van der Waals surface area contributed by atoms with Gasteiger partial charge in [0.05, 0.1) is 41.0 Å². The molecule has 2 aliphatic rings. The number of aromatic carboxylic acids is 1. The number of sulfonamides is 1.